The summed E-state index contributed by atoms with van der Waals surface area (Å²) in [5.74, 6) is 1.93. The predicted molar refractivity (Wildman–Crippen MR) is 81.5 cm³/mol. The molecule has 0 saturated carbocycles. The van der Waals surface area contributed by atoms with E-state index in [0.717, 1.165) is 24.4 Å². The molecule has 6 nitrogen and oxygen atoms in total. The van der Waals surface area contributed by atoms with Gasteiger partial charge in [-0.3, -0.25) is 0 Å². The number of nitrogens with one attached hydrogen (secondary N) is 2. The largest absolute Gasteiger partial charge is 0.495 e. The van der Waals surface area contributed by atoms with Crippen molar-refractivity contribution in [3.8, 4) is 5.75 Å². The fourth-order valence-corrected chi connectivity index (χ4v) is 1.75. The van der Waals surface area contributed by atoms with Gasteiger partial charge in [0.05, 0.1) is 12.8 Å². The van der Waals surface area contributed by atoms with Gasteiger partial charge in [-0.25, -0.2) is 9.97 Å². The third kappa shape index (κ3) is 3.09. The Bertz CT molecular complexity index is 573. The number of rotatable bonds is 6. The van der Waals surface area contributed by atoms with Gasteiger partial charge >= 0.3 is 0 Å². The number of hydrogen-bond acceptors (Lipinski definition) is 6. The Labute approximate surface area is 118 Å². The van der Waals surface area contributed by atoms with Gasteiger partial charge in [0.25, 0.3) is 0 Å². The zero-order valence-corrected chi connectivity index (χ0v) is 11.7. The van der Waals surface area contributed by atoms with E-state index in [1.165, 1.54) is 6.33 Å². The summed E-state index contributed by atoms with van der Waals surface area (Å²) < 4.78 is 5.29. The van der Waals surface area contributed by atoms with Crippen LogP contribution < -0.4 is 21.1 Å². The van der Waals surface area contributed by atoms with Crippen LogP contribution >= 0.6 is 0 Å². The molecule has 2 aromatic rings. The van der Waals surface area contributed by atoms with Crippen molar-refractivity contribution in [1.29, 1.82) is 0 Å². The van der Waals surface area contributed by atoms with Gasteiger partial charge in [-0.15, -0.1) is 0 Å². The number of ether oxygens (including phenoxy) is 1. The first-order valence-corrected chi connectivity index (χ1v) is 6.50. The fraction of sp³-hybridized carbons (Fsp3) is 0.286. The summed E-state index contributed by atoms with van der Waals surface area (Å²) in [6.07, 6.45) is 2.48. The van der Waals surface area contributed by atoms with Crippen molar-refractivity contribution >= 4 is 23.0 Å². The molecular formula is C14H19N5O. The number of aromatic nitrogens is 2. The molecule has 0 saturated heterocycles. The van der Waals surface area contributed by atoms with Crippen LogP contribution in [0, 0.1) is 0 Å². The lowest BCUT2D eigenvalue weighted by atomic mass is 10.3. The summed E-state index contributed by atoms with van der Waals surface area (Å²) in [7, 11) is 1.62. The van der Waals surface area contributed by atoms with Crippen LogP contribution in [0.1, 0.15) is 13.3 Å². The van der Waals surface area contributed by atoms with Crippen molar-refractivity contribution in [2.24, 2.45) is 0 Å². The van der Waals surface area contributed by atoms with Crippen LogP contribution in [0.3, 0.4) is 0 Å². The summed E-state index contributed by atoms with van der Waals surface area (Å²) >= 11 is 0. The van der Waals surface area contributed by atoms with E-state index in [4.69, 9.17) is 10.5 Å². The van der Waals surface area contributed by atoms with E-state index in [9.17, 15) is 0 Å². The summed E-state index contributed by atoms with van der Waals surface area (Å²) in [5, 5.41) is 6.34. The van der Waals surface area contributed by atoms with Crippen LogP contribution in [-0.4, -0.2) is 23.6 Å². The maximum absolute atomic E-state index is 6.07. The lowest BCUT2D eigenvalue weighted by Crippen LogP contribution is -2.08. The molecule has 1 heterocycles. The van der Waals surface area contributed by atoms with Crippen molar-refractivity contribution in [2.45, 2.75) is 13.3 Å². The van der Waals surface area contributed by atoms with E-state index in [0.29, 0.717) is 17.3 Å². The number of nitrogens with two attached hydrogens (primary N) is 1. The number of nitrogen functional groups attached to an aromatic ring is 1. The normalized spacial score (nSPS) is 10.1. The van der Waals surface area contributed by atoms with E-state index in [2.05, 4.69) is 27.5 Å². The summed E-state index contributed by atoms with van der Waals surface area (Å²) in [6.45, 7) is 2.90. The Kier molecular flexibility index (Phi) is 4.60. The molecule has 2 rings (SSSR count). The van der Waals surface area contributed by atoms with Crippen LogP contribution in [0.15, 0.2) is 30.6 Å². The second kappa shape index (κ2) is 6.60. The van der Waals surface area contributed by atoms with Crippen LogP contribution in [0.2, 0.25) is 0 Å². The van der Waals surface area contributed by atoms with Gasteiger partial charge in [0.2, 0.25) is 0 Å². The first kappa shape index (κ1) is 13.9. The molecule has 0 radical (unpaired) electrons. The number of benzene rings is 1. The molecule has 0 bridgehead atoms. The smallest absolute Gasteiger partial charge is 0.159 e. The first-order chi connectivity index (χ1) is 9.76. The fourth-order valence-electron chi connectivity index (χ4n) is 1.75. The van der Waals surface area contributed by atoms with Gasteiger partial charge in [-0.1, -0.05) is 19.1 Å². The van der Waals surface area contributed by atoms with Crippen molar-refractivity contribution in [1.82, 2.24) is 9.97 Å². The summed E-state index contributed by atoms with van der Waals surface area (Å²) in [5.41, 5.74) is 7.37. The molecule has 6 heteroatoms. The molecule has 0 aliphatic rings. The molecule has 0 amide bonds. The summed E-state index contributed by atoms with van der Waals surface area (Å²) in [4.78, 5) is 8.32. The SMILES string of the molecule is CCCNc1ncnc(Nc2ccccc2OC)c1N. The molecule has 1 aromatic heterocycles. The number of anilines is 4. The van der Waals surface area contributed by atoms with Gasteiger partial charge in [0, 0.05) is 6.54 Å². The molecule has 0 fully saturated rings. The average molecular weight is 273 g/mol. The highest BCUT2D eigenvalue weighted by Gasteiger charge is 2.09. The molecule has 106 valence electrons. The Morgan fingerprint density at radius 2 is 1.95 bits per heavy atom. The van der Waals surface area contributed by atoms with Crippen molar-refractivity contribution in [3.05, 3.63) is 30.6 Å². The van der Waals surface area contributed by atoms with E-state index in [-0.39, 0.29) is 0 Å². The van der Waals surface area contributed by atoms with Gasteiger partial charge in [-0.2, -0.15) is 0 Å². The minimum Gasteiger partial charge on any atom is -0.495 e. The lowest BCUT2D eigenvalue weighted by Gasteiger charge is -2.13. The Hall–Kier alpha value is -2.50. The quantitative estimate of drug-likeness (QED) is 0.750. The third-order valence-electron chi connectivity index (χ3n) is 2.79. The molecule has 4 N–H and O–H groups in total. The van der Waals surface area contributed by atoms with Gasteiger partial charge < -0.3 is 21.1 Å². The second-order valence-corrected chi connectivity index (χ2v) is 4.24. The Balaban J connectivity index is 2.25. The highest BCUT2D eigenvalue weighted by atomic mass is 16.5. The second-order valence-electron chi connectivity index (χ2n) is 4.24. The van der Waals surface area contributed by atoms with Crippen molar-refractivity contribution in [2.75, 3.05) is 30.0 Å². The highest BCUT2D eigenvalue weighted by Crippen LogP contribution is 2.30. The minimum atomic E-state index is 0.492. The van der Waals surface area contributed by atoms with Crippen LogP contribution in [0.25, 0.3) is 0 Å². The molecule has 0 spiro atoms. The maximum Gasteiger partial charge on any atom is 0.159 e. The number of hydrogen-bond donors (Lipinski definition) is 3. The molecule has 0 atom stereocenters. The zero-order valence-electron chi connectivity index (χ0n) is 11.7. The number of nitrogens with zero attached hydrogens (tertiary/aromatic N) is 2. The van der Waals surface area contributed by atoms with Crippen molar-refractivity contribution in [3.63, 3.8) is 0 Å². The van der Waals surface area contributed by atoms with Crippen LogP contribution in [0.4, 0.5) is 23.0 Å². The first-order valence-electron chi connectivity index (χ1n) is 6.50. The van der Waals surface area contributed by atoms with Gasteiger partial charge in [-0.05, 0) is 18.6 Å². The van der Waals surface area contributed by atoms with Crippen LogP contribution in [0.5, 0.6) is 5.75 Å². The van der Waals surface area contributed by atoms with E-state index in [1.807, 2.05) is 24.3 Å². The average Bonchev–Trinajstić information content (AvgIpc) is 2.48. The van der Waals surface area contributed by atoms with E-state index >= 15 is 0 Å². The Morgan fingerprint density at radius 1 is 1.20 bits per heavy atom. The Morgan fingerprint density at radius 3 is 2.70 bits per heavy atom. The van der Waals surface area contributed by atoms with Gasteiger partial charge in [0.15, 0.2) is 11.6 Å². The van der Waals surface area contributed by atoms with E-state index < -0.39 is 0 Å². The van der Waals surface area contributed by atoms with Crippen LogP contribution in [-0.2, 0) is 0 Å². The summed E-state index contributed by atoms with van der Waals surface area (Å²) in [6, 6.07) is 7.59. The van der Waals surface area contributed by atoms with E-state index in [1.54, 1.807) is 7.11 Å². The monoisotopic (exact) mass is 273 g/mol. The standard InChI is InChI=1S/C14H19N5O/c1-3-8-16-13-12(15)14(18-9-17-13)19-10-6-4-5-7-11(10)20-2/h4-7,9H,3,8,15H2,1-2H3,(H2,16,17,18,19). The van der Waals surface area contributed by atoms with Gasteiger partial charge in [0.1, 0.15) is 17.8 Å². The molecule has 20 heavy (non-hydrogen) atoms. The molecule has 1 aromatic carbocycles. The molecule has 0 unspecified atom stereocenters. The van der Waals surface area contributed by atoms with Crippen molar-refractivity contribution < 1.29 is 4.74 Å². The highest BCUT2D eigenvalue weighted by molar-refractivity contribution is 5.79. The number of methoxy groups -OCH3 is 1. The molecular weight excluding hydrogens is 254 g/mol. The molecule has 0 aliphatic heterocycles. The predicted octanol–water partition coefficient (Wildman–Crippen LogP) is 2.63. The lowest BCUT2D eigenvalue weighted by molar-refractivity contribution is 0.417. The minimum absolute atomic E-state index is 0.492. The topological polar surface area (TPSA) is 85.1 Å². The third-order valence-corrected chi connectivity index (χ3v) is 2.79. The number of para-hydroxylation sites is 2. The molecule has 0 aliphatic carbocycles. The maximum atomic E-state index is 6.07. The zero-order chi connectivity index (χ0) is 14.4.